The minimum atomic E-state index is 0.116. The van der Waals surface area contributed by atoms with Gasteiger partial charge in [0, 0.05) is 17.9 Å². The van der Waals surface area contributed by atoms with E-state index in [0.29, 0.717) is 18.4 Å². The summed E-state index contributed by atoms with van der Waals surface area (Å²) in [5.74, 6) is 0.991. The molecule has 1 amide bonds. The van der Waals surface area contributed by atoms with Gasteiger partial charge in [-0.1, -0.05) is 43.7 Å². The molecule has 1 aromatic rings. The minimum Gasteiger partial charge on any atom is -0.353 e. The Kier molecular flexibility index (Phi) is 5.18. The zero-order valence-corrected chi connectivity index (χ0v) is 12.5. The van der Waals surface area contributed by atoms with Gasteiger partial charge in [-0.25, -0.2) is 0 Å². The average molecular weight is 274 g/mol. The summed E-state index contributed by atoms with van der Waals surface area (Å²) < 4.78 is 0. The second-order valence-electron chi connectivity index (χ2n) is 6.03. The molecule has 0 heterocycles. The Labute approximate surface area is 121 Å². The maximum absolute atomic E-state index is 12.4. The van der Waals surface area contributed by atoms with Crippen molar-refractivity contribution in [2.45, 2.75) is 45.1 Å². The first-order valence-corrected chi connectivity index (χ1v) is 7.69. The summed E-state index contributed by atoms with van der Waals surface area (Å²) in [4.78, 5) is 12.4. The van der Waals surface area contributed by atoms with Crippen LogP contribution in [0.3, 0.4) is 0 Å². The Bertz CT molecular complexity index is 432. The molecule has 2 rings (SSSR count). The van der Waals surface area contributed by atoms with Crippen molar-refractivity contribution in [3.05, 3.63) is 35.9 Å². The van der Waals surface area contributed by atoms with Crippen molar-refractivity contribution >= 4 is 5.91 Å². The van der Waals surface area contributed by atoms with Crippen LogP contribution in [0.4, 0.5) is 0 Å². The maximum Gasteiger partial charge on any atom is 0.223 e. The van der Waals surface area contributed by atoms with Crippen LogP contribution in [-0.4, -0.2) is 18.5 Å². The van der Waals surface area contributed by atoms with Crippen LogP contribution in [0, 0.1) is 11.8 Å². The van der Waals surface area contributed by atoms with Gasteiger partial charge in [0.2, 0.25) is 5.91 Å². The van der Waals surface area contributed by atoms with Crippen molar-refractivity contribution in [1.82, 2.24) is 5.32 Å². The van der Waals surface area contributed by atoms with Crippen LogP contribution >= 0.6 is 0 Å². The van der Waals surface area contributed by atoms with E-state index in [9.17, 15) is 4.79 Å². The first-order chi connectivity index (χ1) is 9.63. The lowest BCUT2D eigenvalue weighted by molar-refractivity contribution is -0.126. The van der Waals surface area contributed by atoms with Crippen molar-refractivity contribution in [1.29, 1.82) is 0 Å². The van der Waals surface area contributed by atoms with E-state index in [1.807, 2.05) is 18.2 Å². The van der Waals surface area contributed by atoms with Crippen LogP contribution in [0.15, 0.2) is 30.3 Å². The van der Waals surface area contributed by atoms with Crippen molar-refractivity contribution in [3.8, 4) is 0 Å². The Balaban J connectivity index is 1.94. The van der Waals surface area contributed by atoms with Gasteiger partial charge in [-0.3, -0.25) is 4.79 Å². The van der Waals surface area contributed by atoms with Gasteiger partial charge in [-0.05, 0) is 37.8 Å². The van der Waals surface area contributed by atoms with Crippen LogP contribution < -0.4 is 11.1 Å². The number of hydrogen-bond donors (Lipinski definition) is 2. The fraction of sp³-hybridized carbons (Fsp3) is 0.588. The lowest BCUT2D eigenvalue weighted by atomic mass is 9.92. The van der Waals surface area contributed by atoms with E-state index < -0.39 is 0 Å². The molecule has 1 saturated carbocycles. The summed E-state index contributed by atoms with van der Waals surface area (Å²) in [6, 6.07) is 10.5. The van der Waals surface area contributed by atoms with E-state index in [0.717, 1.165) is 19.3 Å². The molecule has 1 aromatic carbocycles. The smallest absolute Gasteiger partial charge is 0.223 e. The van der Waals surface area contributed by atoms with E-state index in [2.05, 4.69) is 31.3 Å². The average Bonchev–Trinajstić information content (AvgIpc) is 2.95. The fourth-order valence-corrected chi connectivity index (χ4v) is 3.17. The van der Waals surface area contributed by atoms with Gasteiger partial charge >= 0.3 is 0 Å². The lowest BCUT2D eigenvalue weighted by Gasteiger charge is -2.25. The Morgan fingerprint density at radius 3 is 2.65 bits per heavy atom. The summed E-state index contributed by atoms with van der Waals surface area (Å²) in [6.07, 6.45) is 3.21. The third-order valence-electron chi connectivity index (χ3n) is 4.74. The highest BCUT2D eigenvalue weighted by atomic mass is 16.2. The van der Waals surface area contributed by atoms with Crippen molar-refractivity contribution in [2.75, 3.05) is 6.54 Å². The lowest BCUT2D eigenvalue weighted by Crippen LogP contribution is -2.41. The summed E-state index contributed by atoms with van der Waals surface area (Å²) in [5, 5.41) is 3.19. The SMILES string of the molecule is CC(NC(=O)[C@@H]1CCC[C@@H]1CN)C(C)c1ccccc1. The number of benzene rings is 1. The van der Waals surface area contributed by atoms with Gasteiger partial charge in [0.25, 0.3) is 0 Å². The number of carbonyl (C=O) groups excluding carboxylic acids is 1. The van der Waals surface area contributed by atoms with Crippen LogP contribution in [0.5, 0.6) is 0 Å². The van der Waals surface area contributed by atoms with Crippen LogP contribution in [0.2, 0.25) is 0 Å². The number of carbonyl (C=O) groups is 1. The van der Waals surface area contributed by atoms with E-state index in [1.165, 1.54) is 5.56 Å². The summed E-state index contributed by atoms with van der Waals surface area (Å²) >= 11 is 0. The number of rotatable bonds is 5. The van der Waals surface area contributed by atoms with Gasteiger partial charge in [-0.15, -0.1) is 0 Å². The number of nitrogens with two attached hydrogens (primary N) is 1. The second kappa shape index (κ2) is 6.89. The molecule has 1 fully saturated rings. The molecule has 0 saturated heterocycles. The predicted octanol–water partition coefficient (Wildman–Crippen LogP) is 2.67. The quantitative estimate of drug-likeness (QED) is 0.867. The van der Waals surface area contributed by atoms with Gasteiger partial charge in [0.05, 0.1) is 0 Å². The van der Waals surface area contributed by atoms with Gasteiger partial charge < -0.3 is 11.1 Å². The zero-order valence-electron chi connectivity index (χ0n) is 12.5. The molecule has 0 spiro atoms. The van der Waals surface area contributed by atoms with Crippen molar-refractivity contribution in [2.24, 2.45) is 17.6 Å². The highest BCUT2D eigenvalue weighted by Crippen LogP contribution is 2.31. The monoisotopic (exact) mass is 274 g/mol. The molecule has 0 aliphatic heterocycles. The molecule has 1 aliphatic carbocycles. The standard InChI is InChI=1S/C17H26N2O/c1-12(14-7-4-3-5-8-14)13(2)19-17(20)16-10-6-9-15(16)11-18/h3-5,7-8,12-13,15-16H,6,9-11,18H2,1-2H3,(H,19,20)/t12?,13?,15-,16-/m1/s1. The highest BCUT2D eigenvalue weighted by Gasteiger charge is 2.32. The summed E-state index contributed by atoms with van der Waals surface area (Å²) in [5.41, 5.74) is 7.03. The third kappa shape index (κ3) is 3.40. The molecule has 0 aromatic heterocycles. The molecular weight excluding hydrogens is 248 g/mol. The molecule has 4 atom stereocenters. The van der Waals surface area contributed by atoms with Crippen LogP contribution in [-0.2, 0) is 4.79 Å². The first kappa shape index (κ1) is 15.0. The molecule has 3 N–H and O–H groups in total. The largest absolute Gasteiger partial charge is 0.353 e. The third-order valence-corrected chi connectivity index (χ3v) is 4.74. The Hall–Kier alpha value is -1.35. The molecule has 3 heteroatoms. The Morgan fingerprint density at radius 2 is 2.00 bits per heavy atom. The number of hydrogen-bond acceptors (Lipinski definition) is 2. The van der Waals surface area contributed by atoms with Crippen molar-refractivity contribution < 1.29 is 4.79 Å². The number of nitrogens with one attached hydrogen (secondary N) is 1. The normalized spacial score (nSPS) is 25.1. The predicted molar refractivity (Wildman–Crippen MR) is 82.3 cm³/mol. The highest BCUT2D eigenvalue weighted by molar-refractivity contribution is 5.79. The molecule has 110 valence electrons. The second-order valence-corrected chi connectivity index (χ2v) is 6.03. The summed E-state index contributed by atoms with van der Waals surface area (Å²) in [7, 11) is 0. The maximum atomic E-state index is 12.4. The Morgan fingerprint density at radius 1 is 1.30 bits per heavy atom. The van der Waals surface area contributed by atoms with Gasteiger partial charge in [0.1, 0.15) is 0 Å². The molecule has 0 bridgehead atoms. The molecular formula is C17H26N2O. The minimum absolute atomic E-state index is 0.116. The van der Waals surface area contributed by atoms with Crippen molar-refractivity contribution in [3.63, 3.8) is 0 Å². The van der Waals surface area contributed by atoms with E-state index in [-0.39, 0.29) is 17.9 Å². The van der Waals surface area contributed by atoms with E-state index >= 15 is 0 Å². The van der Waals surface area contributed by atoms with Crippen LogP contribution in [0.1, 0.15) is 44.6 Å². The van der Waals surface area contributed by atoms with Gasteiger partial charge in [0.15, 0.2) is 0 Å². The molecule has 20 heavy (non-hydrogen) atoms. The molecule has 1 aliphatic rings. The molecule has 2 unspecified atom stereocenters. The molecule has 0 radical (unpaired) electrons. The summed E-state index contributed by atoms with van der Waals surface area (Å²) in [6.45, 7) is 4.87. The topological polar surface area (TPSA) is 55.1 Å². The fourth-order valence-electron chi connectivity index (χ4n) is 3.17. The van der Waals surface area contributed by atoms with Gasteiger partial charge in [-0.2, -0.15) is 0 Å². The first-order valence-electron chi connectivity index (χ1n) is 7.69. The van der Waals surface area contributed by atoms with E-state index in [4.69, 9.17) is 5.73 Å². The molecule has 3 nitrogen and oxygen atoms in total. The zero-order chi connectivity index (χ0) is 14.5. The van der Waals surface area contributed by atoms with E-state index in [1.54, 1.807) is 0 Å². The number of amides is 1. The van der Waals surface area contributed by atoms with Crippen LogP contribution in [0.25, 0.3) is 0 Å².